The Balaban J connectivity index is 2.16. The van der Waals surface area contributed by atoms with E-state index >= 15 is 0 Å². The van der Waals surface area contributed by atoms with Crippen LogP contribution in [0.15, 0.2) is 36.4 Å². The van der Waals surface area contributed by atoms with E-state index in [1.165, 1.54) is 18.2 Å². The lowest BCUT2D eigenvalue weighted by Crippen LogP contribution is -2.04. The minimum Gasteiger partial charge on any atom is -0.380 e. The van der Waals surface area contributed by atoms with E-state index in [1.807, 2.05) is 22.6 Å². The van der Waals surface area contributed by atoms with Crippen LogP contribution in [0, 0.1) is 15.2 Å². The van der Waals surface area contributed by atoms with Crippen molar-refractivity contribution in [1.82, 2.24) is 0 Å². The molecule has 2 aromatic rings. The van der Waals surface area contributed by atoms with E-state index in [0.29, 0.717) is 10.6 Å². The first-order valence-corrected chi connectivity index (χ1v) is 6.65. The molecule has 1 N–H and O–H groups in total. The van der Waals surface area contributed by atoms with Gasteiger partial charge in [0.15, 0.2) is 0 Å². The third kappa shape index (κ3) is 3.11. The molecule has 0 spiro atoms. The largest absolute Gasteiger partial charge is 0.380 e. The number of rotatable bonds is 3. The zero-order valence-electron chi connectivity index (χ0n) is 9.18. The summed E-state index contributed by atoms with van der Waals surface area (Å²) < 4.78 is 27.2. The molecule has 1 nitrogen and oxygen atoms in total. The van der Waals surface area contributed by atoms with Gasteiger partial charge in [-0.15, -0.1) is 0 Å². The molecule has 0 atom stereocenters. The highest BCUT2D eigenvalue weighted by atomic mass is 127. The van der Waals surface area contributed by atoms with E-state index in [9.17, 15) is 8.78 Å². The van der Waals surface area contributed by atoms with Gasteiger partial charge in [-0.25, -0.2) is 8.78 Å². The Hall–Kier alpha value is -0.880. The quantitative estimate of drug-likeness (QED) is 0.753. The van der Waals surface area contributed by atoms with Gasteiger partial charge in [-0.05, 0) is 52.9 Å². The molecule has 5 heteroatoms. The van der Waals surface area contributed by atoms with Crippen molar-refractivity contribution in [1.29, 1.82) is 0 Å². The van der Waals surface area contributed by atoms with Crippen LogP contribution in [0.4, 0.5) is 14.5 Å². The fourth-order valence-corrected chi connectivity index (χ4v) is 2.42. The average Bonchev–Trinajstić information content (AvgIpc) is 2.31. The predicted octanol–water partition coefficient (Wildman–Crippen LogP) is 4.83. The Labute approximate surface area is 122 Å². The Morgan fingerprint density at radius 1 is 1.17 bits per heavy atom. The summed E-state index contributed by atoms with van der Waals surface area (Å²) in [6.45, 7) is 0.257. The number of hydrogen-bond acceptors (Lipinski definition) is 1. The SMILES string of the molecule is Fc1ccc(NCc2c(F)cccc2Cl)c(I)c1. The maximum absolute atomic E-state index is 13.5. The lowest BCUT2D eigenvalue weighted by atomic mass is 10.2. The van der Waals surface area contributed by atoms with Crippen LogP contribution in [-0.2, 0) is 6.54 Å². The number of anilines is 1. The molecule has 0 aromatic heterocycles. The van der Waals surface area contributed by atoms with Crippen LogP contribution in [0.3, 0.4) is 0 Å². The van der Waals surface area contributed by atoms with Crippen molar-refractivity contribution < 1.29 is 8.78 Å². The predicted molar refractivity (Wildman–Crippen MR) is 77.9 cm³/mol. The highest BCUT2D eigenvalue weighted by Crippen LogP contribution is 2.23. The normalized spacial score (nSPS) is 10.4. The summed E-state index contributed by atoms with van der Waals surface area (Å²) in [7, 11) is 0. The van der Waals surface area contributed by atoms with Gasteiger partial charge in [0.1, 0.15) is 11.6 Å². The molecule has 0 saturated carbocycles. The van der Waals surface area contributed by atoms with Crippen molar-refractivity contribution in [2.24, 2.45) is 0 Å². The first-order chi connectivity index (χ1) is 8.58. The van der Waals surface area contributed by atoms with Gasteiger partial charge in [-0.2, -0.15) is 0 Å². The Bertz CT molecular complexity index is 555. The molecule has 0 aliphatic heterocycles. The fourth-order valence-electron chi connectivity index (χ4n) is 1.52. The Morgan fingerprint density at radius 3 is 2.61 bits per heavy atom. The number of hydrogen-bond donors (Lipinski definition) is 1. The van der Waals surface area contributed by atoms with Gasteiger partial charge in [0.05, 0.1) is 0 Å². The third-order valence-corrected chi connectivity index (χ3v) is 3.70. The second-order valence-electron chi connectivity index (χ2n) is 3.68. The van der Waals surface area contributed by atoms with E-state index in [4.69, 9.17) is 11.6 Å². The summed E-state index contributed by atoms with van der Waals surface area (Å²) in [4.78, 5) is 0. The van der Waals surface area contributed by atoms with Gasteiger partial charge in [0, 0.05) is 26.4 Å². The van der Waals surface area contributed by atoms with Crippen LogP contribution in [0.2, 0.25) is 5.02 Å². The van der Waals surface area contributed by atoms with Crippen LogP contribution in [0.5, 0.6) is 0 Å². The van der Waals surface area contributed by atoms with Crippen molar-refractivity contribution in [3.05, 3.63) is 62.2 Å². The number of benzene rings is 2. The van der Waals surface area contributed by atoms with Crippen LogP contribution in [0.1, 0.15) is 5.56 Å². The molecule has 0 aliphatic rings. The topological polar surface area (TPSA) is 12.0 Å². The molecule has 0 bridgehead atoms. The summed E-state index contributed by atoms with van der Waals surface area (Å²) in [6, 6.07) is 8.93. The number of halogens is 4. The van der Waals surface area contributed by atoms with Crippen LogP contribution >= 0.6 is 34.2 Å². The second kappa shape index (κ2) is 5.84. The van der Waals surface area contributed by atoms with E-state index in [2.05, 4.69) is 5.32 Å². The lowest BCUT2D eigenvalue weighted by Gasteiger charge is -2.10. The zero-order chi connectivity index (χ0) is 13.1. The van der Waals surface area contributed by atoms with Crippen LogP contribution in [0.25, 0.3) is 0 Å². The first-order valence-electron chi connectivity index (χ1n) is 5.20. The maximum Gasteiger partial charge on any atom is 0.129 e. The van der Waals surface area contributed by atoms with Gasteiger partial charge < -0.3 is 5.32 Å². The summed E-state index contributed by atoms with van der Waals surface area (Å²) in [5, 5.41) is 3.41. The average molecular weight is 380 g/mol. The van der Waals surface area contributed by atoms with Gasteiger partial charge in [-0.3, -0.25) is 0 Å². The number of nitrogens with one attached hydrogen (secondary N) is 1. The van der Waals surface area contributed by atoms with Crippen molar-refractivity contribution >= 4 is 39.9 Å². The van der Waals surface area contributed by atoms with Gasteiger partial charge >= 0.3 is 0 Å². The van der Waals surface area contributed by atoms with Gasteiger partial charge in [0.2, 0.25) is 0 Å². The lowest BCUT2D eigenvalue weighted by molar-refractivity contribution is 0.613. The second-order valence-corrected chi connectivity index (χ2v) is 5.25. The molecule has 0 amide bonds. The fraction of sp³-hybridized carbons (Fsp3) is 0.0769. The highest BCUT2D eigenvalue weighted by molar-refractivity contribution is 14.1. The summed E-state index contributed by atoms with van der Waals surface area (Å²) in [5.74, 6) is -0.652. The van der Waals surface area contributed by atoms with Gasteiger partial charge in [0.25, 0.3) is 0 Å². The summed E-state index contributed by atoms with van der Waals surface area (Å²) in [6.07, 6.45) is 0. The maximum atomic E-state index is 13.5. The van der Waals surface area contributed by atoms with Crippen molar-refractivity contribution in [2.75, 3.05) is 5.32 Å². The molecule has 0 unspecified atom stereocenters. The summed E-state index contributed by atoms with van der Waals surface area (Å²) >= 11 is 7.94. The molecule has 0 aliphatic carbocycles. The molecule has 2 aromatic carbocycles. The Morgan fingerprint density at radius 2 is 1.94 bits per heavy atom. The van der Waals surface area contributed by atoms with Gasteiger partial charge in [-0.1, -0.05) is 17.7 Å². The molecular weight excluding hydrogens is 371 g/mol. The molecule has 0 fully saturated rings. The molecule has 18 heavy (non-hydrogen) atoms. The van der Waals surface area contributed by atoms with Crippen molar-refractivity contribution in [3.8, 4) is 0 Å². The van der Waals surface area contributed by atoms with Crippen LogP contribution in [-0.4, -0.2) is 0 Å². The smallest absolute Gasteiger partial charge is 0.129 e. The third-order valence-electron chi connectivity index (χ3n) is 2.45. The molecule has 2 rings (SSSR count). The summed E-state index contributed by atoms with van der Waals surface area (Å²) in [5.41, 5.74) is 1.15. The van der Waals surface area contributed by atoms with Crippen molar-refractivity contribution in [3.63, 3.8) is 0 Å². The molecule has 0 radical (unpaired) electrons. The first kappa shape index (κ1) is 13.5. The standard InChI is InChI=1S/C13H9ClF2IN/c14-10-2-1-3-11(16)9(10)7-18-13-5-4-8(15)6-12(13)17/h1-6,18H,7H2. The highest BCUT2D eigenvalue weighted by Gasteiger charge is 2.07. The van der Waals surface area contributed by atoms with Crippen molar-refractivity contribution in [2.45, 2.75) is 6.54 Å². The molecule has 0 heterocycles. The zero-order valence-corrected chi connectivity index (χ0v) is 12.1. The molecule has 0 saturated heterocycles. The van der Waals surface area contributed by atoms with E-state index in [0.717, 1.165) is 9.26 Å². The van der Waals surface area contributed by atoms with E-state index in [1.54, 1.807) is 18.2 Å². The monoisotopic (exact) mass is 379 g/mol. The van der Waals surface area contributed by atoms with E-state index in [-0.39, 0.29) is 18.2 Å². The molecular formula is C13H9ClF2IN. The van der Waals surface area contributed by atoms with Crippen LogP contribution < -0.4 is 5.32 Å². The van der Waals surface area contributed by atoms with E-state index < -0.39 is 0 Å². The minimum atomic E-state index is -0.355. The minimum absolute atomic E-state index is 0.257. The Kier molecular flexibility index (Phi) is 4.40. The molecule has 94 valence electrons.